The standard InChI is InChI=1S/C10H19NO2/c1-3-4-5-6-11(7-9-12)8-10-13-2/h1,12H,4-10H2,2H3. The Bertz CT molecular complexity index is 142. The highest BCUT2D eigenvalue weighted by molar-refractivity contribution is 4.83. The quantitative estimate of drug-likeness (QED) is 0.437. The van der Waals surface area contributed by atoms with E-state index in [0.29, 0.717) is 13.2 Å². The maximum Gasteiger partial charge on any atom is 0.0589 e. The fourth-order valence-corrected chi connectivity index (χ4v) is 1.10. The molecule has 1 N–H and O–H groups in total. The van der Waals surface area contributed by atoms with E-state index in [1.165, 1.54) is 0 Å². The van der Waals surface area contributed by atoms with Crippen molar-refractivity contribution in [3.63, 3.8) is 0 Å². The number of unbranched alkanes of at least 4 members (excludes halogenated alkanes) is 1. The summed E-state index contributed by atoms with van der Waals surface area (Å²) in [5, 5.41) is 8.77. The van der Waals surface area contributed by atoms with Crippen LogP contribution in [0.15, 0.2) is 0 Å². The van der Waals surface area contributed by atoms with Crippen molar-refractivity contribution in [2.45, 2.75) is 12.8 Å². The van der Waals surface area contributed by atoms with Gasteiger partial charge in [-0.1, -0.05) is 0 Å². The molecular formula is C10H19NO2. The van der Waals surface area contributed by atoms with Gasteiger partial charge in [0, 0.05) is 26.6 Å². The van der Waals surface area contributed by atoms with Crippen molar-refractivity contribution < 1.29 is 9.84 Å². The molecule has 0 unspecified atom stereocenters. The highest BCUT2D eigenvalue weighted by Gasteiger charge is 2.02. The topological polar surface area (TPSA) is 32.7 Å². The van der Waals surface area contributed by atoms with Gasteiger partial charge in [-0.05, 0) is 13.0 Å². The molecule has 0 saturated carbocycles. The third-order valence-corrected chi connectivity index (χ3v) is 1.82. The number of hydrogen-bond acceptors (Lipinski definition) is 3. The molecule has 0 spiro atoms. The van der Waals surface area contributed by atoms with Gasteiger partial charge in [0.25, 0.3) is 0 Å². The summed E-state index contributed by atoms with van der Waals surface area (Å²) >= 11 is 0. The fraction of sp³-hybridized carbons (Fsp3) is 0.800. The summed E-state index contributed by atoms with van der Waals surface area (Å²) in [6, 6.07) is 0. The highest BCUT2D eigenvalue weighted by atomic mass is 16.5. The zero-order valence-electron chi connectivity index (χ0n) is 8.33. The molecular weight excluding hydrogens is 166 g/mol. The van der Waals surface area contributed by atoms with Crippen molar-refractivity contribution in [2.24, 2.45) is 0 Å². The lowest BCUT2D eigenvalue weighted by Crippen LogP contribution is -2.31. The van der Waals surface area contributed by atoms with E-state index in [2.05, 4.69) is 10.8 Å². The van der Waals surface area contributed by atoms with Gasteiger partial charge >= 0.3 is 0 Å². The highest BCUT2D eigenvalue weighted by Crippen LogP contribution is 1.94. The van der Waals surface area contributed by atoms with Crippen LogP contribution in [0, 0.1) is 12.3 Å². The average molecular weight is 185 g/mol. The summed E-state index contributed by atoms with van der Waals surface area (Å²) in [6.45, 7) is 3.40. The van der Waals surface area contributed by atoms with Gasteiger partial charge in [0.1, 0.15) is 0 Å². The maximum atomic E-state index is 8.77. The Balaban J connectivity index is 3.48. The van der Waals surface area contributed by atoms with Gasteiger partial charge in [-0.3, -0.25) is 4.90 Å². The molecule has 0 fully saturated rings. The van der Waals surface area contributed by atoms with E-state index in [0.717, 1.165) is 25.9 Å². The van der Waals surface area contributed by atoms with E-state index in [9.17, 15) is 0 Å². The van der Waals surface area contributed by atoms with Gasteiger partial charge in [0.15, 0.2) is 0 Å². The maximum absolute atomic E-state index is 8.77. The molecule has 0 aromatic carbocycles. The molecule has 13 heavy (non-hydrogen) atoms. The number of hydrogen-bond donors (Lipinski definition) is 1. The molecule has 76 valence electrons. The van der Waals surface area contributed by atoms with Crippen LogP contribution >= 0.6 is 0 Å². The lowest BCUT2D eigenvalue weighted by molar-refractivity contribution is 0.130. The molecule has 0 saturated heterocycles. The van der Waals surface area contributed by atoms with Crippen LogP contribution in [-0.2, 0) is 4.74 Å². The van der Waals surface area contributed by atoms with Crippen molar-refractivity contribution in [1.29, 1.82) is 0 Å². The second-order valence-corrected chi connectivity index (χ2v) is 2.87. The van der Waals surface area contributed by atoms with Gasteiger partial charge in [-0.25, -0.2) is 0 Å². The largest absolute Gasteiger partial charge is 0.395 e. The molecule has 0 aliphatic rings. The molecule has 0 amide bonds. The van der Waals surface area contributed by atoms with Crippen molar-refractivity contribution in [2.75, 3.05) is 40.0 Å². The molecule has 0 aromatic heterocycles. The van der Waals surface area contributed by atoms with Gasteiger partial charge in [0.05, 0.1) is 13.2 Å². The summed E-state index contributed by atoms with van der Waals surface area (Å²) < 4.78 is 4.96. The Morgan fingerprint density at radius 1 is 1.38 bits per heavy atom. The first-order chi connectivity index (χ1) is 6.35. The summed E-state index contributed by atoms with van der Waals surface area (Å²) in [5.74, 6) is 2.60. The van der Waals surface area contributed by atoms with Gasteiger partial charge in [-0.2, -0.15) is 0 Å². The first kappa shape index (κ1) is 12.4. The van der Waals surface area contributed by atoms with Gasteiger partial charge in [0.2, 0.25) is 0 Å². The Kier molecular flexibility index (Phi) is 9.12. The predicted molar refractivity (Wildman–Crippen MR) is 53.5 cm³/mol. The molecule has 0 rings (SSSR count). The zero-order valence-corrected chi connectivity index (χ0v) is 8.33. The zero-order chi connectivity index (χ0) is 9.94. The number of terminal acetylenes is 1. The van der Waals surface area contributed by atoms with E-state index in [1.807, 2.05) is 0 Å². The average Bonchev–Trinajstić information content (AvgIpc) is 2.14. The third-order valence-electron chi connectivity index (χ3n) is 1.82. The van der Waals surface area contributed by atoms with E-state index < -0.39 is 0 Å². The Labute approximate surface area is 80.7 Å². The van der Waals surface area contributed by atoms with E-state index in [1.54, 1.807) is 7.11 Å². The van der Waals surface area contributed by atoms with E-state index in [-0.39, 0.29) is 6.61 Å². The lowest BCUT2D eigenvalue weighted by atomic mass is 10.3. The molecule has 0 heterocycles. The van der Waals surface area contributed by atoms with Crippen LogP contribution in [0.25, 0.3) is 0 Å². The van der Waals surface area contributed by atoms with Crippen LogP contribution in [0.3, 0.4) is 0 Å². The van der Waals surface area contributed by atoms with Crippen molar-refractivity contribution in [1.82, 2.24) is 4.90 Å². The summed E-state index contributed by atoms with van der Waals surface area (Å²) in [5.41, 5.74) is 0. The first-order valence-corrected chi connectivity index (χ1v) is 4.60. The number of nitrogens with zero attached hydrogens (tertiary/aromatic N) is 1. The monoisotopic (exact) mass is 185 g/mol. The van der Waals surface area contributed by atoms with Crippen LogP contribution in [0.2, 0.25) is 0 Å². The summed E-state index contributed by atoms with van der Waals surface area (Å²) in [6.07, 6.45) is 6.93. The number of ether oxygens (including phenoxy) is 1. The van der Waals surface area contributed by atoms with Gasteiger partial charge in [-0.15, -0.1) is 12.3 Å². The minimum Gasteiger partial charge on any atom is -0.395 e. The summed E-state index contributed by atoms with van der Waals surface area (Å²) in [7, 11) is 1.68. The molecule has 0 aromatic rings. The number of rotatable bonds is 8. The number of aliphatic hydroxyl groups excluding tert-OH is 1. The molecule has 3 heteroatoms. The SMILES string of the molecule is C#CCCCN(CCO)CCOC. The van der Waals surface area contributed by atoms with Crippen molar-refractivity contribution in [3.8, 4) is 12.3 Å². The summed E-state index contributed by atoms with van der Waals surface area (Å²) in [4.78, 5) is 2.15. The molecule has 0 radical (unpaired) electrons. The van der Waals surface area contributed by atoms with Crippen molar-refractivity contribution >= 4 is 0 Å². The van der Waals surface area contributed by atoms with Crippen LogP contribution in [0.4, 0.5) is 0 Å². The molecule has 3 nitrogen and oxygen atoms in total. The molecule has 0 atom stereocenters. The van der Waals surface area contributed by atoms with Crippen LogP contribution in [0.5, 0.6) is 0 Å². The molecule has 0 aliphatic heterocycles. The normalized spacial score (nSPS) is 10.3. The lowest BCUT2D eigenvalue weighted by Gasteiger charge is -2.19. The van der Waals surface area contributed by atoms with Crippen LogP contribution in [-0.4, -0.2) is 50.0 Å². The van der Waals surface area contributed by atoms with Crippen molar-refractivity contribution in [3.05, 3.63) is 0 Å². The minimum absolute atomic E-state index is 0.194. The van der Waals surface area contributed by atoms with E-state index >= 15 is 0 Å². The van der Waals surface area contributed by atoms with Crippen LogP contribution in [0.1, 0.15) is 12.8 Å². The third kappa shape index (κ3) is 7.79. The smallest absolute Gasteiger partial charge is 0.0589 e. The molecule has 0 aliphatic carbocycles. The number of aliphatic hydroxyl groups is 1. The molecule has 0 bridgehead atoms. The fourth-order valence-electron chi connectivity index (χ4n) is 1.10. The first-order valence-electron chi connectivity index (χ1n) is 4.60. The van der Waals surface area contributed by atoms with Gasteiger partial charge < -0.3 is 9.84 Å². The Morgan fingerprint density at radius 3 is 2.69 bits per heavy atom. The second kappa shape index (κ2) is 9.53. The van der Waals surface area contributed by atoms with Crippen LogP contribution < -0.4 is 0 Å². The number of methoxy groups -OCH3 is 1. The van der Waals surface area contributed by atoms with E-state index in [4.69, 9.17) is 16.3 Å². The predicted octanol–water partition coefficient (Wildman–Crippen LogP) is 0.341. The Hall–Kier alpha value is -0.560. The minimum atomic E-state index is 0.194. The second-order valence-electron chi connectivity index (χ2n) is 2.87. The Morgan fingerprint density at radius 2 is 2.15 bits per heavy atom.